The van der Waals surface area contributed by atoms with Crippen LogP contribution in [0, 0.1) is 0 Å². The summed E-state index contributed by atoms with van der Waals surface area (Å²) < 4.78 is 5.44. The van der Waals surface area contributed by atoms with Crippen LogP contribution in [0.1, 0.15) is 40.5 Å². The second kappa shape index (κ2) is 6.96. The van der Waals surface area contributed by atoms with E-state index < -0.39 is 0 Å². The Kier molecular flexibility index (Phi) is 6.54. The molecule has 12 heavy (non-hydrogen) atoms. The van der Waals surface area contributed by atoms with Crippen LogP contribution in [0.15, 0.2) is 23.5 Å². The molecule has 0 atom stereocenters. The summed E-state index contributed by atoms with van der Waals surface area (Å²) in [5.41, 5.74) is 1.32. The third kappa shape index (κ3) is 4.22. The van der Waals surface area contributed by atoms with Gasteiger partial charge in [0.1, 0.15) is 0 Å². The van der Waals surface area contributed by atoms with E-state index in [1.807, 2.05) is 20.8 Å². The molecule has 0 saturated heterocycles. The molecule has 0 aromatic heterocycles. The van der Waals surface area contributed by atoms with Gasteiger partial charge in [-0.1, -0.05) is 25.5 Å². The van der Waals surface area contributed by atoms with Crippen LogP contribution in [0.5, 0.6) is 0 Å². The van der Waals surface area contributed by atoms with Crippen LogP contribution in [0.25, 0.3) is 0 Å². The van der Waals surface area contributed by atoms with Gasteiger partial charge in [0.2, 0.25) is 0 Å². The molecule has 0 aliphatic carbocycles. The number of hydrogen-bond donors (Lipinski definition) is 0. The van der Waals surface area contributed by atoms with Gasteiger partial charge in [0, 0.05) is 0 Å². The predicted molar refractivity (Wildman–Crippen MR) is 54.0 cm³/mol. The Hall–Kier alpha value is -0.720. The van der Waals surface area contributed by atoms with Crippen LogP contribution < -0.4 is 0 Å². The van der Waals surface area contributed by atoms with E-state index >= 15 is 0 Å². The molecular weight excluding hydrogens is 148 g/mol. The maximum absolute atomic E-state index is 5.44. The van der Waals surface area contributed by atoms with E-state index in [0.29, 0.717) is 0 Å². The first-order valence-corrected chi connectivity index (χ1v) is 4.71. The maximum Gasteiger partial charge on any atom is 0.0960 e. The molecule has 0 N–H and O–H groups in total. The number of hydrogen-bond acceptors (Lipinski definition) is 1. The smallest absolute Gasteiger partial charge is 0.0960 e. The molecule has 0 aliphatic heterocycles. The zero-order valence-corrected chi connectivity index (χ0v) is 8.68. The van der Waals surface area contributed by atoms with Gasteiger partial charge in [-0.3, -0.25) is 0 Å². The lowest BCUT2D eigenvalue weighted by Crippen LogP contribution is -1.92. The first-order chi connectivity index (χ1) is 5.76. The summed E-state index contributed by atoms with van der Waals surface area (Å²) in [4.78, 5) is 0. The second-order valence-corrected chi connectivity index (χ2v) is 2.76. The molecule has 0 unspecified atom stereocenters. The Morgan fingerprint density at radius 3 is 2.42 bits per heavy atom. The Morgan fingerprint density at radius 2 is 2.00 bits per heavy atom. The van der Waals surface area contributed by atoms with Gasteiger partial charge in [0.25, 0.3) is 0 Å². The highest BCUT2D eigenvalue weighted by atomic mass is 16.5. The fourth-order valence-corrected chi connectivity index (χ4v) is 1.16. The van der Waals surface area contributed by atoms with Crippen molar-refractivity contribution in [2.24, 2.45) is 0 Å². The van der Waals surface area contributed by atoms with E-state index in [1.54, 1.807) is 0 Å². The van der Waals surface area contributed by atoms with E-state index in [1.165, 1.54) is 12.0 Å². The van der Waals surface area contributed by atoms with Gasteiger partial charge in [0.05, 0.1) is 12.4 Å². The highest BCUT2D eigenvalue weighted by Crippen LogP contribution is 2.13. The maximum atomic E-state index is 5.44. The number of ether oxygens (including phenoxy) is 1. The highest BCUT2D eigenvalue weighted by Gasteiger charge is 1.97. The molecule has 70 valence electrons. The van der Waals surface area contributed by atoms with Gasteiger partial charge in [-0.15, -0.1) is 0 Å². The molecule has 0 rings (SSSR count). The van der Waals surface area contributed by atoms with E-state index in [4.69, 9.17) is 4.74 Å². The van der Waals surface area contributed by atoms with Gasteiger partial charge in [-0.2, -0.15) is 0 Å². The quantitative estimate of drug-likeness (QED) is 0.449. The molecule has 0 aromatic carbocycles. The van der Waals surface area contributed by atoms with Gasteiger partial charge >= 0.3 is 0 Å². The monoisotopic (exact) mass is 168 g/mol. The summed E-state index contributed by atoms with van der Waals surface area (Å²) in [6, 6.07) is 0. The Labute approximate surface area is 76.1 Å². The zero-order valence-electron chi connectivity index (χ0n) is 8.68. The van der Waals surface area contributed by atoms with Crippen LogP contribution in [0.3, 0.4) is 0 Å². The van der Waals surface area contributed by atoms with Gasteiger partial charge in [-0.25, -0.2) is 0 Å². The first kappa shape index (κ1) is 11.3. The van der Waals surface area contributed by atoms with Crippen molar-refractivity contribution in [2.45, 2.75) is 40.5 Å². The topological polar surface area (TPSA) is 9.23 Å². The second-order valence-electron chi connectivity index (χ2n) is 2.76. The lowest BCUT2D eigenvalue weighted by Gasteiger charge is -2.07. The lowest BCUT2D eigenvalue weighted by atomic mass is 10.1. The molecule has 0 heterocycles. The van der Waals surface area contributed by atoms with Crippen LogP contribution in [0.4, 0.5) is 0 Å². The first-order valence-electron chi connectivity index (χ1n) is 4.71. The molecule has 0 saturated carbocycles. The van der Waals surface area contributed by atoms with Crippen molar-refractivity contribution in [3.8, 4) is 0 Å². The molecule has 1 nitrogen and oxygen atoms in total. The van der Waals surface area contributed by atoms with E-state index in [0.717, 1.165) is 18.8 Å². The highest BCUT2D eigenvalue weighted by molar-refractivity contribution is 5.20. The van der Waals surface area contributed by atoms with Gasteiger partial charge < -0.3 is 4.74 Å². The minimum absolute atomic E-state index is 0.761. The van der Waals surface area contributed by atoms with Crippen LogP contribution in [-0.4, -0.2) is 6.61 Å². The van der Waals surface area contributed by atoms with Crippen molar-refractivity contribution >= 4 is 0 Å². The Balaban J connectivity index is 4.31. The molecule has 0 amide bonds. The van der Waals surface area contributed by atoms with Crippen molar-refractivity contribution in [3.05, 3.63) is 23.5 Å². The van der Waals surface area contributed by atoms with Crippen molar-refractivity contribution in [1.82, 2.24) is 0 Å². The minimum Gasteiger partial charge on any atom is -0.498 e. The fourth-order valence-electron chi connectivity index (χ4n) is 1.16. The van der Waals surface area contributed by atoms with Gasteiger partial charge in [-0.05, 0) is 32.8 Å². The van der Waals surface area contributed by atoms with Crippen molar-refractivity contribution in [3.63, 3.8) is 0 Å². The molecule has 0 radical (unpaired) electrons. The molecule has 0 aromatic rings. The molecule has 0 fully saturated rings. The predicted octanol–water partition coefficient (Wildman–Crippen LogP) is 3.67. The largest absolute Gasteiger partial charge is 0.498 e. The van der Waals surface area contributed by atoms with Crippen LogP contribution >= 0.6 is 0 Å². The summed E-state index contributed by atoms with van der Waals surface area (Å²) in [5, 5.41) is 0. The molecule has 1 heteroatoms. The van der Waals surface area contributed by atoms with E-state index in [-0.39, 0.29) is 0 Å². The van der Waals surface area contributed by atoms with E-state index in [2.05, 4.69) is 19.1 Å². The summed E-state index contributed by atoms with van der Waals surface area (Å²) in [6.45, 7) is 9.03. The summed E-state index contributed by atoms with van der Waals surface area (Å²) >= 11 is 0. The summed E-state index contributed by atoms with van der Waals surface area (Å²) in [6.07, 6.45) is 6.47. The van der Waals surface area contributed by atoms with Crippen molar-refractivity contribution < 1.29 is 4.74 Å². The zero-order chi connectivity index (χ0) is 9.40. The molecule has 0 bridgehead atoms. The minimum atomic E-state index is 0.761. The Bertz CT molecular complexity index is 166. The normalized spacial score (nSPS) is 13.3. The van der Waals surface area contributed by atoms with E-state index in [9.17, 15) is 0 Å². The molecule has 0 aliphatic rings. The molecular formula is C11H20O. The van der Waals surface area contributed by atoms with Crippen LogP contribution in [-0.2, 0) is 4.74 Å². The third-order valence-corrected chi connectivity index (χ3v) is 1.70. The van der Waals surface area contributed by atoms with Crippen molar-refractivity contribution in [2.75, 3.05) is 6.61 Å². The SMILES string of the molecule is C/C=C\C(CCC)=C(/C)OCC. The lowest BCUT2D eigenvalue weighted by molar-refractivity contribution is 0.227. The number of allylic oxidation sites excluding steroid dienone is 4. The summed E-state index contributed by atoms with van der Waals surface area (Å²) in [7, 11) is 0. The fraction of sp³-hybridized carbons (Fsp3) is 0.636. The van der Waals surface area contributed by atoms with Crippen LogP contribution in [0.2, 0.25) is 0 Å². The standard InChI is InChI=1S/C11H20O/c1-5-8-11(9-6-2)10(4)12-7-3/h5,8H,6-7,9H2,1-4H3/b8-5-,11-10-. The van der Waals surface area contributed by atoms with Gasteiger partial charge in [0.15, 0.2) is 0 Å². The third-order valence-electron chi connectivity index (χ3n) is 1.70. The Morgan fingerprint density at radius 1 is 1.33 bits per heavy atom. The average Bonchev–Trinajstić information content (AvgIpc) is 2.04. The summed E-state index contributed by atoms with van der Waals surface area (Å²) in [5.74, 6) is 1.07. The van der Waals surface area contributed by atoms with Crippen molar-refractivity contribution in [1.29, 1.82) is 0 Å². The average molecular weight is 168 g/mol. The number of rotatable bonds is 5. The molecule has 0 spiro atoms.